The zero-order valence-electron chi connectivity index (χ0n) is 37.9. The van der Waals surface area contributed by atoms with Crippen molar-refractivity contribution in [1.82, 2.24) is 9.97 Å². The summed E-state index contributed by atoms with van der Waals surface area (Å²) in [6.45, 7) is 0. The fraction of sp³-hybridized carbons (Fsp3) is 0.0385. The van der Waals surface area contributed by atoms with E-state index in [1.54, 1.807) is 0 Å². The number of rotatable bonds is 5. The number of Topliss-reactive ketones (excluding diaryl/α,β-unsaturated/α-hetero) is 4. The van der Waals surface area contributed by atoms with Crippen molar-refractivity contribution in [1.29, 1.82) is 0 Å². The van der Waals surface area contributed by atoms with E-state index in [1.165, 1.54) is 48.5 Å². The van der Waals surface area contributed by atoms with Crippen LogP contribution in [-0.2, 0) is 0 Å². The van der Waals surface area contributed by atoms with Crippen molar-refractivity contribution in [2.75, 3.05) is 9.80 Å². The third-order valence-electron chi connectivity index (χ3n) is 13.8. The van der Waals surface area contributed by atoms with Crippen LogP contribution >= 0.6 is 186 Å². The van der Waals surface area contributed by atoms with E-state index in [1.807, 2.05) is 0 Å². The molecule has 0 atom stereocenters. The van der Waals surface area contributed by atoms with Crippen molar-refractivity contribution < 1.29 is 38.4 Å². The second-order valence-corrected chi connectivity index (χ2v) is 23.9. The Hall–Kier alpha value is -4.26. The Morgan fingerprint density at radius 3 is 0.750 bits per heavy atom. The van der Waals surface area contributed by atoms with Gasteiger partial charge in [-0.05, 0) is 47.5 Å². The van der Waals surface area contributed by atoms with Gasteiger partial charge in [0, 0.05) is 10.8 Å². The highest BCUT2D eigenvalue weighted by molar-refractivity contribution is 6.60. The summed E-state index contributed by atoms with van der Waals surface area (Å²) < 4.78 is 0. The van der Waals surface area contributed by atoms with E-state index >= 15 is 0 Å². The van der Waals surface area contributed by atoms with Gasteiger partial charge in [-0.25, -0.2) is 19.8 Å². The Labute approximate surface area is 526 Å². The number of carbonyl (C=O) groups is 8. The summed E-state index contributed by atoms with van der Waals surface area (Å²) in [5.74, 6) is -11.1. The minimum absolute atomic E-state index is 0.121. The van der Waals surface area contributed by atoms with E-state index in [0.29, 0.717) is 9.80 Å². The van der Waals surface area contributed by atoms with Gasteiger partial charge in [0.15, 0.2) is 23.1 Å². The Morgan fingerprint density at radius 2 is 0.512 bits per heavy atom. The molecule has 398 valence electrons. The second kappa shape index (κ2) is 19.7. The largest absolute Gasteiger partial charge is 0.293 e. The molecule has 0 unspecified atom stereocenters. The minimum atomic E-state index is -1.70. The van der Waals surface area contributed by atoms with Gasteiger partial charge < -0.3 is 0 Å². The molecule has 12 rings (SSSR count). The van der Waals surface area contributed by atoms with Gasteiger partial charge in [-0.15, -0.1) is 0 Å². The number of pyridine rings is 2. The summed E-state index contributed by atoms with van der Waals surface area (Å²) >= 11 is 103. The molecule has 0 bridgehead atoms. The van der Waals surface area contributed by atoms with Gasteiger partial charge in [-0.1, -0.05) is 198 Å². The molecule has 0 saturated heterocycles. The van der Waals surface area contributed by atoms with Crippen LogP contribution in [0, 0.1) is 0 Å². The van der Waals surface area contributed by atoms with Gasteiger partial charge in [0.05, 0.1) is 159 Å². The van der Waals surface area contributed by atoms with Crippen molar-refractivity contribution in [2.45, 2.75) is 11.8 Å². The number of amides is 4. The molecule has 80 heavy (non-hydrogen) atoms. The molecule has 28 heteroatoms. The van der Waals surface area contributed by atoms with Gasteiger partial charge in [0.1, 0.15) is 11.8 Å². The van der Waals surface area contributed by atoms with Crippen LogP contribution in [0.25, 0.3) is 32.9 Å². The summed E-state index contributed by atoms with van der Waals surface area (Å²) in [5, 5.41) is -5.25. The lowest BCUT2D eigenvalue weighted by molar-refractivity contribution is 0.0872. The first-order chi connectivity index (χ1) is 37.7. The maximum absolute atomic E-state index is 14.7. The van der Waals surface area contributed by atoms with E-state index < -0.39 is 101 Å². The number of anilines is 2. The first kappa shape index (κ1) is 56.2. The highest BCUT2D eigenvalue weighted by Crippen LogP contribution is 2.53. The third kappa shape index (κ3) is 7.66. The number of carbonyl (C=O) groups excluding carboxylic acids is 8. The standard InChI is InChI=1S/C52H10Cl16N4O8/c53-27-19-20(28(54)36(62)35(27)61)46(74)17(45(19)73)13-3-1-9-5-11(7-15(43(9)69-13)71-49(77)23-24(50(71)78)32(58)40(66)39(65)31(23)57)12-6-10-2-4-14(18-47(75)21-22(48(18)76)30(56)38(64)37(63)29(21)55)70-44(10)16(8-12)72-51(79)25-26(52(72)80)34(60)42(68)41(67)33(25)59/h1-8,17-18H. The molecule has 4 amide bonds. The van der Waals surface area contributed by atoms with Crippen molar-refractivity contribution in [3.63, 3.8) is 0 Å². The molecule has 0 saturated carbocycles. The van der Waals surface area contributed by atoms with Gasteiger partial charge in [-0.3, -0.25) is 38.4 Å². The number of halogens is 16. The summed E-state index contributed by atoms with van der Waals surface area (Å²) in [6, 6.07) is 11.2. The lowest BCUT2D eigenvalue weighted by atomic mass is 9.95. The van der Waals surface area contributed by atoms with Crippen LogP contribution < -0.4 is 9.80 Å². The molecule has 6 aromatic carbocycles. The highest BCUT2D eigenvalue weighted by atomic mass is 35.5. The van der Waals surface area contributed by atoms with Crippen molar-refractivity contribution in [3.05, 3.63) is 185 Å². The Kier molecular flexibility index (Phi) is 13.8. The molecule has 4 heterocycles. The van der Waals surface area contributed by atoms with Crippen LogP contribution in [-0.4, -0.2) is 56.7 Å². The molecule has 2 aliphatic heterocycles. The second-order valence-electron chi connectivity index (χ2n) is 17.8. The van der Waals surface area contributed by atoms with Gasteiger partial charge >= 0.3 is 0 Å². The fourth-order valence-electron chi connectivity index (χ4n) is 10.1. The predicted molar refractivity (Wildman–Crippen MR) is 313 cm³/mol. The molecule has 0 N–H and O–H groups in total. The quantitative estimate of drug-likeness (QED) is 0.0700. The van der Waals surface area contributed by atoms with E-state index in [0.717, 1.165) is 0 Å². The monoisotopic (exact) mass is 1380 g/mol. The predicted octanol–water partition coefficient (Wildman–Crippen LogP) is 18.8. The summed E-state index contributed by atoms with van der Waals surface area (Å²) in [6.07, 6.45) is 0. The van der Waals surface area contributed by atoms with Crippen LogP contribution in [0.3, 0.4) is 0 Å². The third-order valence-corrected chi connectivity index (χ3v) is 21.0. The first-order valence-corrected chi connectivity index (χ1v) is 28.1. The fourth-order valence-corrected chi connectivity index (χ4v) is 14.2. The van der Waals surface area contributed by atoms with Gasteiger partial charge in [-0.2, -0.15) is 0 Å². The van der Waals surface area contributed by atoms with Gasteiger partial charge in [0.2, 0.25) is 0 Å². The van der Waals surface area contributed by atoms with Crippen molar-refractivity contribution >= 4 is 266 Å². The Bertz CT molecular complexity index is 4080. The number of hydrogen-bond donors (Lipinski definition) is 0. The summed E-state index contributed by atoms with van der Waals surface area (Å²) in [5.41, 5.74) is -4.10. The zero-order valence-corrected chi connectivity index (χ0v) is 50.0. The van der Waals surface area contributed by atoms with Gasteiger partial charge in [0.25, 0.3) is 23.6 Å². The Morgan fingerprint density at radius 1 is 0.287 bits per heavy atom. The van der Waals surface area contributed by atoms with Crippen molar-refractivity contribution in [2.24, 2.45) is 0 Å². The molecule has 4 aliphatic rings. The lowest BCUT2D eigenvalue weighted by Crippen LogP contribution is -2.30. The lowest BCUT2D eigenvalue weighted by Gasteiger charge is -2.21. The number of ketones is 4. The smallest absolute Gasteiger partial charge is 0.267 e. The van der Waals surface area contributed by atoms with E-state index in [2.05, 4.69) is 0 Å². The molecular weight excluding hydrogens is 1380 g/mol. The number of hydrogen-bond acceptors (Lipinski definition) is 10. The molecule has 12 nitrogen and oxygen atoms in total. The minimum Gasteiger partial charge on any atom is -0.293 e. The first-order valence-electron chi connectivity index (χ1n) is 22.0. The zero-order chi connectivity index (χ0) is 57.6. The van der Waals surface area contributed by atoms with Crippen LogP contribution in [0.2, 0.25) is 80.4 Å². The molecule has 2 aliphatic carbocycles. The average molecular weight is 1390 g/mol. The van der Waals surface area contributed by atoms with E-state index in [4.69, 9.17) is 196 Å². The summed E-state index contributed by atoms with van der Waals surface area (Å²) in [7, 11) is 0. The van der Waals surface area contributed by atoms with Crippen LogP contribution in [0.4, 0.5) is 11.4 Å². The normalized spacial score (nSPS) is 15.3. The molecule has 8 aromatic rings. The molecule has 2 aromatic heterocycles. The van der Waals surface area contributed by atoms with Crippen LogP contribution in [0.1, 0.15) is 106 Å². The van der Waals surface area contributed by atoms with E-state index in [-0.39, 0.29) is 138 Å². The number of fused-ring (bicyclic) bond motifs is 6. The number of nitrogens with zero attached hydrogens (tertiary/aromatic N) is 4. The molecule has 0 radical (unpaired) electrons. The maximum Gasteiger partial charge on any atom is 0.267 e. The molecule has 0 fully saturated rings. The maximum atomic E-state index is 14.7. The average Bonchev–Trinajstić information content (AvgIpc) is 4.07. The van der Waals surface area contributed by atoms with E-state index in [9.17, 15) is 38.4 Å². The topological polar surface area (TPSA) is 169 Å². The molecular formula is C52H10Cl16N4O8. The number of imide groups is 2. The molecule has 0 spiro atoms. The van der Waals surface area contributed by atoms with Crippen LogP contribution in [0.5, 0.6) is 0 Å². The van der Waals surface area contributed by atoms with Crippen molar-refractivity contribution in [3.8, 4) is 11.1 Å². The van der Waals surface area contributed by atoms with Crippen LogP contribution in [0.15, 0.2) is 48.5 Å². The highest BCUT2D eigenvalue weighted by Gasteiger charge is 2.49. The number of benzene rings is 6. The summed E-state index contributed by atoms with van der Waals surface area (Å²) in [4.78, 5) is 127. The Balaban J connectivity index is 1.09. The SMILES string of the molecule is O=C1c2c(Cl)c(Cl)c(Cl)c(Cl)c2C(=O)C1c1ccc2cc(-c3cc(N4C(=O)c5c(Cl)c(Cl)c(Cl)c(Cl)c5C4=O)c4nc(C5C(=O)c6c(Cl)c(Cl)c(Cl)c(Cl)c6C5=O)ccc4c3)cc(N3C(=O)c4c(Cl)c(Cl)c(Cl)c(Cl)c4C3=O)c2n1. The number of aromatic nitrogens is 2.